The first-order chi connectivity index (χ1) is 14.9. The fraction of sp³-hybridized carbons (Fsp3) is 0.261. The number of carbonyl (C=O) groups is 1. The zero-order valence-electron chi connectivity index (χ0n) is 17.4. The molecule has 0 saturated carbocycles. The lowest BCUT2D eigenvalue weighted by atomic mass is 10.1. The van der Waals surface area contributed by atoms with Crippen molar-refractivity contribution < 1.29 is 9.18 Å². The lowest BCUT2D eigenvalue weighted by Gasteiger charge is -2.32. The van der Waals surface area contributed by atoms with Gasteiger partial charge in [-0.15, -0.1) is 0 Å². The van der Waals surface area contributed by atoms with Gasteiger partial charge in [0, 0.05) is 53.9 Å². The Labute approximate surface area is 185 Å². The molecule has 1 fully saturated rings. The van der Waals surface area contributed by atoms with Crippen molar-refractivity contribution in [2.75, 3.05) is 43.4 Å². The van der Waals surface area contributed by atoms with Crippen molar-refractivity contribution in [1.82, 2.24) is 14.9 Å². The van der Waals surface area contributed by atoms with E-state index in [1.807, 2.05) is 19.1 Å². The number of piperazine rings is 1. The quantitative estimate of drug-likeness (QED) is 0.619. The number of carbonyl (C=O) groups excluding carboxylic acids is 1. The van der Waals surface area contributed by atoms with Gasteiger partial charge in [-0.1, -0.05) is 17.7 Å². The number of anilines is 2. The molecule has 0 atom stereocenters. The molecule has 2 aromatic carbocycles. The second-order valence-electron chi connectivity index (χ2n) is 7.62. The first kappa shape index (κ1) is 21.2. The lowest BCUT2D eigenvalue weighted by Crippen LogP contribution is -2.45. The summed E-state index contributed by atoms with van der Waals surface area (Å²) in [5.41, 5.74) is 2.60. The highest BCUT2D eigenvalue weighted by atomic mass is 35.5. The Balaban J connectivity index is 1.49. The lowest BCUT2D eigenvalue weighted by molar-refractivity contribution is -0.111. The summed E-state index contributed by atoms with van der Waals surface area (Å²) >= 11 is 5.75. The van der Waals surface area contributed by atoms with Gasteiger partial charge in [0.1, 0.15) is 5.82 Å². The number of aromatic nitrogens is 2. The van der Waals surface area contributed by atoms with Gasteiger partial charge >= 0.3 is 0 Å². The number of fused-ring (bicyclic) bond motifs is 1. The van der Waals surface area contributed by atoms with Crippen molar-refractivity contribution in [2.45, 2.75) is 6.92 Å². The summed E-state index contributed by atoms with van der Waals surface area (Å²) < 4.78 is 13.8. The molecule has 0 radical (unpaired) electrons. The number of amides is 1. The molecule has 0 spiro atoms. The largest absolute Gasteiger partial charge is 0.338 e. The van der Waals surface area contributed by atoms with Crippen LogP contribution in [-0.2, 0) is 4.79 Å². The summed E-state index contributed by atoms with van der Waals surface area (Å²) in [6.07, 6.45) is 2.70. The average molecular weight is 440 g/mol. The Hall–Kier alpha value is -3.03. The Morgan fingerprint density at radius 3 is 2.65 bits per heavy atom. The molecule has 0 unspecified atom stereocenters. The van der Waals surface area contributed by atoms with Crippen molar-refractivity contribution in [1.29, 1.82) is 0 Å². The van der Waals surface area contributed by atoms with Crippen molar-refractivity contribution in [3.8, 4) is 0 Å². The molecular weight excluding hydrogens is 417 g/mol. The highest BCUT2D eigenvalue weighted by Crippen LogP contribution is 2.23. The molecule has 6 nitrogen and oxygen atoms in total. The van der Waals surface area contributed by atoms with Gasteiger partial charge in [-0.3, -0.25) is 4.79 Å². The Kier molecular flexibility index (Phi) is 6.15. The summed E-state index contributed by atoms with van der Waals surface area (Å²) in [6.45, 7) is 5.71. The minimum Gasteiger partial charge on any atom is -0.338 e. The summed E-state index contributed by atoms with van der Waals surface area (Å²) in [6, 6.07) is 9.84. The third-order valence-electron chi connectivity index (χ3n) is 5.30. The number of nitrogens with zero attached hydrogens (tertiary/aromatic N) is 4. The van der Waals surface area contributed by atoms with Crippen LogP contribution in [0.1, 0.15) is 11.3 Å². The number of nitrogens with one attached hydrogen (secondary N) is 1. The Morgan fingerprint density at radius 2 is 1.90 bits per heavy atom. The number of aryl methyl sites for hydroxylation is 1. The predicted molar refractivity (Wildman–Crippen MR) is 123 cm³/mol. The van der Waals surface area contributed by atoms with Gasteiger partial charge in [-0.25, -0.2) is 14.4 Å². The van der Waals surface area contributed by atoms with Crippen molar-refractivity contribution in [3.63, 3.8) is 0 Å². The maximum atomic E-state index is 13.8. The number of likely N-dealkylation sites (N-methyl/N-ethyl adjacent to an activating group) is 1. The minimum absolute atomic E-state index is 0.291. The fourth-order valence-corrected chi connectivity index (χ4v) is 3.64. The molecule has 1 aliphatic rings. The molecule has 8 heteroatoms. The van der Waals surface area contributed by atoms with Crippen molar-refractivity contribution >= 4 is 46.1 Å². The fourth-order valence-electron chi connectivity index (χ4n) is 3.48. The summed E-state index contributed by atoms with van der Waals surface area (Å²) in [7, 11) is 2.11. The van der Waals surface area contributed by atoms with E-state index < -0.39 is 5.82 Å². The maximum absolute atomic E-state index is 13.8. The Bertz CT molecular complexity index is 1160. The van der Waals surface area contributed by atoms with Gasteiger partial charge in [0.25, 0.3) is 0 Å². The van der Waals surface area contributed by atoms with Crippen LogP contribution in [0, 0.1) is 12.7 Å². The summed E-state index contributed by atoms with van der Waals surface area (Å²) in [5.74, 6) is -0.102. The van der Waals surface area contributed by atoms with E-state index in [1.54, 1.807) is 12.1 Å². The third kappa shape index (κ3) is 5.00. The van der Waals surface area contributed by atoms with E-state index in [1.165, 1.54) is 24.3 Å². The number of halogens is 2. The molecule has 1 aliphatic heterocycles. The number of rotatable bonds is 4. The third-order valence-corrected chi connectivity index (χ3v) is 5.54. The molecule has 1 saturated heterocycles. The second-order valence-corrected chi connectivity index (χ2v) is 8.06. The van der Waals surface area contributed by atoms with Crippen LogP contribution in [0.2, 0.25) is 5.02 Å². The van der Waals surface area contributed by atoms with Crippen LogP contribution >= 0.6 is 11.6 Å². The summed E-state index contributed by atoms with van der Waals surface area (Å²) in [5, 5.41) is 3.99. The molecule has 160 valence electrons. The van der Waals surface area contributed by atoms with Gasteiger partial charge in [0.05, 0.1) is 11.2 Å². The summed E-state index contributed by atoms with van der Waals surface area (Å²) in [4.78, 5) is 26.2. The van der Waals surface area contributed by atoms with E-state index in [0.29, 0.717) is 16.3 Å². The first-order valence-electron chi connectivity index (χ1n) is 10.0. The second kappa shape index (κ2) is 8.99. The standard InChI is InChI=1S/C23H23ClFN5O/c1-15-19-14-18(27-22(31)8-4-16-3-5-17(24)13-20(16)25)6-7-21(19)28-23(26-15)30-11-9-29(2)10-12-30/h3-8,13-14H,9-12H2,1-2H3,(H,27,31)/b8-4+. The zero-order chi connectivity index (χ0) is 22.0. The van der Waals surface area contributed by atoms with Crippen LogP contribution in [-0.4, -0.2) is 54.0 Å². The van der Waals surface area contributed by atoms with Crippen LogP contribution in [0.15, 0.2) is 42.5 Å². The first-order valence-corrected chi connectivity index (χ1v) is 10.4. The number of hydrogen-bond acceptors (Lipinski definition) is 5. The van der Waals surface area contributed by atoms with Crippen molar-refractivity contribution in [3.05, 3.63) is 64.6 Å². The van der Waals surface area contributed by atoms with Crippen molar-refractivity contribution in [2.24, 2.45) is 0 Å². The van der Waals surface area contributed by atoms with Crippen LogP contribution < -0.4 is 10.2 Å². The zero-order valence-corrected chi connectivity index (χ0v) is 18.2. The van der Waals surface area contributed by atoms with Crippen LogP contribution in [0.3, 0.4) is 0 Å². The van der Waals surface area contributed by atoms with E-state index >= 15 is 0 Å². The average Bonchev–Trinajstić information content (AvgIpc) is 2.74. The van der Waals surface area contributed by atoms with E-state index in [2.05, 4.69) is 27.1 Å². The van der Waals surface area contributed by atoms with Crippen LogP contribution in [0.25, 0.3) is 17.0 Å². The Morgan fingerprint density at radius 1 is 1.13 bits per heavy atom. The highest BCUT2D eigenvalue weighted by molar-refractivity contribution is 6.30. The van der Waals surface area contributed by atoms with Gasteiger partial charge in [0.15, 0.2) is 0 Å². The molecule has 3 aromatic rings. The molecule has 31 heavy (non-hydrogen) atoms. The number of hydrogen-bond donors (Lipinski definition) is 1. The molecule has 1 N–H and O–H groups in total. The van der Waals surface area contributed by atoms with Crippen LogP contribution in [0.4, 0.5) is 16.0 Å². The normalized spacial score (nSPS) is 15.0. The smallest absolute Gasteiger partial charge is 0.248 e. The van der Waals surface area contributed by atoms with Gasteiger partial charge < -0.3 is 15.1 Å². The SMILES string of the molecule is Cc1nc(N2CCN(C)CC2)nc2ccc(NC(=O)/C=C/c3ccc(Cl)cc3F)cc12. The van der Waals surface area contributed by atoms with Gasteiger partial charge in [0.2, 0.25) is 11.9 Å². The molecule has 2 heterocycles. The van der Waals surface area contributed by atoms with E-state index in [4.69, 9.17) is 16.6 Å². The monoisotopic (exact) mass is 439 g/mol. The molecule has 1 amide bonds. The highest BCUT2D eigenvalue weighted by Gasteiger charge is 2.17. The van der Waals surface area contributed by atoms with E-state index in [0.717, 1.165) is 48.7 Å². The maximum Gasteiger partial charge on any atom is 0.248 e. The molecule has 1 aromatic heterocycles. The van der Waals surface area contributed by atoms with Gasteiger partial charge in [-0.2, -0.15) is 0 Å². The van der Waals surface area contributed by atoms with Gasteiger partial charge in [-0.05, 0) is 50.4 Å². The van der Waals surface area contributed by atoms with E-state index in [9.17, 15) is 9.18 Å². The topological polar surface area (TPSA) is 61.4 Å². The molecule has 0 bridgehead atoms. The van der Waals surface area contributed by atoms with E-state index in [-0.39, 0.29) is 5.91 Å². The number of benzene rings is 2. The molecular formula is C23H23ClFN5O. The molecule has 4 rings (SSSR count). The molecule has 0 aliphatic carbocycles. The minimum atomic E-state index is -0.480. The predicted octanol–water partition coefficient (Wildman–Crippen LogP) is 4.13. The van der Waals surface area contributed by atoms with Crippen LogP contribution in [0.5, 0.6) is 0 Å².